The van der Waals surface area contributed by atoms with Crippen LogP contribution in [0.15, 0.2) is 15.3 Å². The van der Waals surface area contributed by atoms with Crippen molar-refractivity contribution in [2.45, 2.75) is 58.3 Å². The first-order valence-corrected chi connectivity index (χ1v) is 14.4. The van der Waals surface area contributed by atoms with Crippen LogP contribution in [0.1, 0.15) is 75.6 Å². The lowest BCUT2D eigenvalue weighted by molar-refractivity contribution is 0.0521. The van der Waals surface area contributed by atoms with E-state index in [-0.39, 0.29) is 35.0 Å². The molecule has 0 unspecified atom stereocenters. The predicted octanol–water partition coefficient (Wildman–Crippen LogP) is 3.98. The van der Waals surface area contributed by atoms with Crippen LogP contribution in [-0.2, 0) is 30.4 Å². The maximum absolute atomic E-state index is 12.2. The minimum Gasteiger partial charge on any atom is -0.507 e. The summed E-state index contributed by atoms with van der Waals surface area (Å²) in [6.45, 7) is 5.70. The van der Waals surface area contributed by atoms with Gasteiger partial charge in [0.05, 0.1) is 28.9 Å². The van der Waals surface area contributed by atoms with Crippen molar-refractivity contribution in [1.82, 2.24) is 0 Å². The van der Waals surface area contributed by atoms with Gasteiger partial charge in [-0.1, -0.05) is 0 Å². The molecule has 5 heterocycles. The van der Waals surface area contributed by atoms with Gasteiger partial charge in [-0.3, -0.25) is 4.79 Å². The third-order valence-electron chi connectivity index (χ3n) is 8.65. The molecule has 0 saturated heterocycles. The molecule has 2 aromatic carbocycles. The Labute approximate surface area is 236 Å². The summed E-state index contributed by atoms with van der Waals surface area (Å²) in [4.78, 5) is 39.6. The number of aldehydes is 1. The number of aryl methyl sites for hydroxylation is 1. The lowest BCUT2D eigenvalue weighted by Gasteiger charge is -2.37. The molecule has 0 fully saturated rings. The molecule has 216 valence electrons. The van der Waals surface area contributed by atoms with E-state index < -0.39 is 11.6 Å². The average Bonchev–Trinajstić information content (AvgIpc) is 2.99. The Balaban J connectivity index is 0.000000156. The van der Waals surface area contributed by atoms with Crippen LogP contribution in [0.5, 0.6) is 17.2 Å². The summed E-state index contributed by atoms with van der Waals surface area (Å²) in [5.41, 5.74) is 5.10. The van der Waals surface area contributed by atoms with Gasteiger partial charge in [-0.25, -0.2) is 9.59 Å². The van der Waals surface area contributed by atoms with Crippen molar-refractivity contribution >= 4 is 34.6 Å². The van der Waals surface area contributed by atoms with Gasteiger partial charge in [0.1, 0.15) is 28.4 Å². The minimum absolute atomic E-state index is 0.0251. The van der Waals surface area contributed by atoms with E-state index in [1.54, 1.807) is 6.92 Å². The molecule has 0 bridgehead atoms. The number of fused-ring (bicyclic) bond motifs is 2. The Bertz CT molecular complexity index is 1590. The number of ether oxygens (including phenoxy) is 1. The van der Waals surface area contributed by atoms with E-state index in [2.05, 4.69) is 9.80 Å². The van der Waals surface area contributed by atoms with Gasteiger partial charge < -0.3 is 34.3 Å². The summed E-state index contributed by atoms with van der Waals surface area (Å²) in [5.74, 6) is -0.657. The maximum atomic E-state index is 12.2. The van der Waals surface area contributed by atoms with E-state index in [1.807, 2.05) is 0 Å². The molecule has 0 saturated carbocycles. The number of aromatic hydroxyl groups is 3. The summed E-state index contributed by atoms with van der Waals surface area (Å²) in [5, 5.41) is 31.3. The number of benzene rings is 2. The first kappa shape index (κ1) is 27.0. The predicted molar refractivity (Wildman–Crippen MR) is 153 cm³/mol. The Morgan fingerprint density at radius 2 is 1.34 bits per heavy atom. The summed E-state index contributed by atoms with van der Waals surface area (Å²) < 4.78 is 10.4. The van der Waals surface area contributed by atoms with Crippen LogP contribution in [0.25, 0.3) is 11.0 Å². The fraction of sp³-hybridized carbons (Fsp3) is 0.452. The fourth-order valence-corrected chi connectivity index (χ4v) is 6.91. The molecule has 0 atom stereocenters. The molecule has 4 aliphatic rings. The number of anilines is 2. The third-order valence-corrected chi connectivity index (χ3v) is 8.65. The van der Waals surface area contributed by atoms with Gasteiger partial charge in [-0.2, -0.15) is 0 Å². The normalized spacial score (nSPS) is 16.8. The lowest BCUT2D eigenvalue weighted by Crippen LogP contribution is -2.34. The van der Waals surface area contributed by atoms with Gasteiger partial charge in [0.25, 0.3) is 0 Å². The van der Waals surface area contributed by atoms with E-state index in [0.29, 0.717) is 17.3 Å². The average molecular weight is 563 g/mol. The molecule has 10 heteroatoms. The van der Waals surface area contributed by atoms with Crippen molar-refractivity contribution < 1.29 is 34.1 Å². The van der Waals surface area contributed by atoms with Gasteiger partial charge in [0.2, 0.25) is 0 Å². The first-order chi connectivity index (χ1) is 19.8. The largest absolute Gasteiger partial charge is 0.507 e. The summed E-state index contributed by atoms with van der Waals surface area (Å²) >= 11 is 0. The maximum Gasteiger partial charge on any atom is 0.351 e. The van der Waals surface area contributed by atoms with Gasteiger partial charge in [0.15, 0.2) is 6.29 Å². The zero-order valence-electron chi connectivity index (χ0n) is 23.1. The van der Waals surface area contributed by atoms with Crippen LogP contribution in [0.3, 0.4) is 0 Å². The van der Waals surface area contributed by atoms with Gasteiger partial charge in [0, 0.05) is 48.4 Å². The molecule has 0 aliphatic carbocycles. The Morgan fingerprint density at radius 3 is 1.85 bits per heavy atom. The number of hydrogen-bond acceptors (Lipinski definition) is 10. The highest BCUT2D eigenvalue weighted by Gasteiger charge is 2.32. The minimum atomic E-state index is -0.722. The van der Waals surface area contributed by atoms with Crippen molar-refractivity contribution in [3.8, 4) is 17.2 Å². The molecule has 4 aliphatic heterocycles. The number of hydrogen-bond donors (Lipinski definition) is 3. The molecule has 0 radical (unpaired) electrons. The Kier molecular flexibility index (Phi) is 7.01. The van der Waals surface area contributed by atoms with Crippen LogP contribution in [0.4, 0.5) is 11.4 Å². The fourth-order valence-electron chi connectivity index (χ4n) is 6.91. The second-order valence-corrected chi connectivity index (χ2v) is 11.0. The molecule has 0 spiro atoms. The van der Waals surface area contributed by atoms with Crippen LogP contribution in [-0.4, -0.2) is 60.4 Å². The number of rotatable bonds is 3. The molecule has 0 amide bonds. The van der Waals surface area contributed by atoms with E-state index in [0.717, 1.165) is 111 Å². The number of phenols is 3. The van der Waals surface area contributed by atoms with Crippen molar-refractivity contribution in [2.24, 2.45) is 0 Å². The Morgan fingerprint density at radius 1 is 0.854 bits per heavy atom. The van der Waals surface area contributed by atoms with Crippen LogP contribution < -0.4 is 15.4 Å². The number of esters is 1. The van der Waals surface area contributed by atoms with Crippen molar-refractivity contribution in [3.05, 3.63) is 49.9 Å². The van der Waals surface area contributed by atoms with Crippen LogP contribution in [0.2, 0.25) is 0 Å². The number of carbonyl (C=O) groups is 2. The number of nitrogens with zero attached hydrogens (tertiary/aromatic N) is 2. The van der Waals surface area contributed by atoms with Crippen molar-refractivity contribution in [2.75, 3.05) is 42.6 Å². The smallest absolute Gasteiger partial charge is 0.351 e. The summed E-state index contributed by atoms with van der Waals surface area (Å²) in [7, 11) is 0. The van der Waals surface area contributed by atoms with E-state index in [4.69, 9.17) is 9.15 Å². The highest BCUT2D eigenvalue weighted by atomic mass is 16.5. The zero-order valence-corrected chi connectivity index (χ0v) is 23.1. The zero-order chi connectivity index (χ0) is 28.8. The summed E-state index contributed by atoms with van der Waals surface area (Å²) in [6, 6.07) is 1.42. The van der Waals surface area contributed by atoms with Gasteiger partial charge >= 0.3 is 11.6 Å². The van der Waals surface area contributed by atoms with Gasteiger partial charge in [-0.05, 0) is 64.4 Å². The molecule has 3 aromatic rings. The number of carbonyl (C=O) groups excluding carboxylic acids is 2. The number of phenolic OH excluding ortho intramolecular Hbond substituents is 3. The first-order valence-electron chi connectivity index (χ1n) is 14.4. The Hall–Kier alpha value is -4.21. The molecule has 10 nitrogen and oxygen atoms in total. The molecule has 3 N–H and O–H groups in total. The molecular formula is C31H34N2O8. The molecule has 41 heavy (non-hydrogen) atoms. The topological polar surface area (TPSA) is 141 Å². The van der Waals surface area contributed by atoms with E-state index in [1.165, 1.54) is 6.07 Å². The highest BCUT2D eigenvalue weighted by Crippen LogP contribution is 2.47. The quantitative estimate of drug-likeness (QED) is 0.244. The van der Waals surface area contributed by atoms with Crippen molar-refractivity contribution in [1.29, 1.82) is 0 Å². The molecule has 1 aromatic heterocycles. The van der Waals surface area contributed by atoms with E-state index >= 15 is 0 Å². The second-order valence-electron chi connectivity index (χ2n) is 11.0. The molecule has 7 rings (SSSR count). The SMILES string of the molecule is CCOC(=O)c1cc2c(O)c3c4c(c2oc1=O)CCCN4CCC3.O=Cc1c(O)c2c3c(c1O)CCCN3CCC2. The van der Waals surface area contributed by atoms with Gasteiger partial charge in [-0.15, -0.1) is 0 Å². The third kappa shape index (κ3) is 4.36. The lowest BCUT2D eigenvalue weighted by atomic mass is 9.88. The monoisotopic (exact) mass is 562 g/mol. The second kappa shape index (κ2) is 10.6. The summed E-state index contributed by atoms with van der Waals surface area (Å²) in [6.07, 6.45) is 7.65. The highest BCUT2D eigenvalue weighted by molar-refractivity contribution is 5.99. The van der Waals surface area contributed by atoms with Crippen LogP contribution >= 0.6 is 0 Å². The van der Waals surface area contributed by atoms with Crippen molar-refractivity contribution in [3.63, 3.8) is 0 Å². The van der Waals surface area contributed by atoms with Crippen LogP contribution in [0, 0.1) is 0 Å². The standard InChI is InChI=1S/C18H19NO5.C13H15NO3/c1-2-23-17(21)13-9-12-15(20)10-5-3-7-19-8-4-6-11(14(10)19)16(12)24-18(13)22;15-7-10-12(16)8-3-1-5-14-6-2-4-9(11(8)14)13(10)17/h9,20H,2-8H2,1H3;7,16-17H,1-6H2. The molecular weight excluding hydrogens is 528 g/mol. The van der Waals surface area contributed by atoms with E-state index in [9.17, 15) is 29.7 Å².